The van der Waals surface area contributed by atoms with Gasteiger partial charge in [0.05, 0.1) is 19.6 Å². The molecule has 0 spiro atoms. The van der Waals surface area contributed by atoms with Crippen molar-refractivity contribution < 1.29 is 38.7 Å². The van der Waals surface area contributed by atoms with Gasteiger partial charge in [0.2, 0.25) is 0 Å². The van der Waals surface area contributed by atoms with Gasteiger partial charge in [0.15, 0.2) is 0 Å². The quantitative estimate of drug-likeness (QED) is 0.412. The van der Waals surface area contributed by atoms with E-state index < -0.39 is 30.3 Å². The summed E-state index contributed by atoms with van der Waals surface area (Å²) in [5.74, 6) is -5.73. The maximum absolute atomic E-state index is 11.7. The van der Waals surface area contributed by atoms with E-state index in [2.05, 4.69) is 6.58 Å². The molecule has 2 fully saturated rings. The zero-order valence-corrected chi connectivity index (χ0v) is 11.5. The smallest absolute Gasteiger partial charge is 0.338 e. The van der Waals surface area contributed by atoms with E-state index >= 15 is 0 Å². The summed E-state index contributed by atoms with van der Waals surface area (Å²) in [6, 6.07) is 0. The lowest BCUT2D eigenvalue weighted by molar-refractivity contribution is -0.322. The Kier molecular flexibility index (Phi) is 4.62. The molecule has 0 radical (unpaired) electrons. The van der Waals surface area contributed by atoms with Crippen LogP contribution in [0.25, 0.3) is 0 Å². The molecule has 0 amide bonds. The average molecular weight is 302 g/mol. The van der Waals surface area contributed by atoms with E-state index in [1.54, 1.807) is 0 Å². The van der Waals surface area contributed by atoms with Crippen molar-refractivity contribution in [1.29, 1.82) is 0 Å². The Bertz CT molecular complexity index is 431. The summed E-state index contributed by atoms with van der Waals surface area (Å²) in [6.07, 6.45) is 0.966. The second kappa shape index (κ2) is 6.10. The van der Waals surface area contributed by atoms with Crippen molar-refractivity contribution in [3.8, 4) is 0 Å². The van der Waals surface area contributed by atoms with Gasteiger partial charge in [-0.15, -0.1) is 0 Å². The van der Waals surface area contributed by atoms with Gasteiger partial charge in [-0.1, -0.05) is 6.58 Å². The monoisotopic (exact) mass is 302 g/mol. The zero-order valence-electron chi connectivity index (χ0n) is 11.5. The highest BCUT2D eigenvalue weighted by atomic mass is 16.8. The molecule has 0 aromatic rings. The van der Waals surface area contributed by atoms with Crippen LogP contribution in [0.15, 0.2) is 12.2 Å². The largest absolute Gasteiger partial charge is 0.408 e. The first-order valence-corrected chi connectivity index (χ1v) is 6.68. The molecule has 0 aromatic carbocycles. The summed E-state index contributed by atoms with van der Waals surface area (Å²) < 4.78 is 19.3. The summed E-state index contributed by atoms with van der Waals surface area (Å²) in [4.78, 5) is 23.3. The van der Waals surface area contributed by atoms with Crippen molar-refractivity contribution >= 4 is 11.9 Å². The number of rotatable bonds is 5. The Hall–Kier alpha value is -1.48. The molecule has 2 saturated heterocycles. The number of ether oxygens (including phenoxy) is 4. The highest BCUT2D eigenvalue weighted by Crippen LogP contribution is 2.26. The lowest BCUT2D eigenvalue weighted by atomic mass is 10.2. The van der Waals surface area contributed by atoms with Crippen molar-refractivity contribution in [2.24, 2.45) is 0 Å². The normalized spacial score (nSPS) is 31.9. The molecule has 8 nitrogen and oxygen atoms in total. The van der Waals surface area contributed by atoms with Crippen molar-refractivity contribution in [1.82, 2.24) is 0 Å². The van der Waals surface area contributed by atoms with Crippen molar-refractivity contribution in [2.75, 3.05) is 13.2 Å². The molecule has 0 bridgehead atoms. The van der Waals surface area contributed by atoms with Crippen molar-refractivity contribution in [3.63, 3.8) is 0 Å². The van der Waals surface area contributed by atoms with Gasteiger partial charge in [0.25, 0.3) is 0 Å². The number of esters is 2. The summed E-state index contributed by atoms with van der Waals surface area (Å²) >= 11 is 0. The molecular weight excluding hydrogens is 284 g/mol. The van der Waals surface area contributed by atoms with E-state index in [4.69, 9.17) is 18.9 Å². The third-order valence-electron chi connectivity index (χ3n) is 3.10. The molecule has 2 unspecified atom stereocenters. The number of carbonyl (C=O) groups is 2. The second-order valence-electron chi connectivity index (χ2n) is 4.97. The highest BCUT2D eigenvalue weighted by molar-refractivity contribution is 5.93. The van der Waals surface area contributed by atoms with Crippen molar-refractivity contribution in [2.45, 2.75) is 44.1 Å². The first-order chi connectivity index (χ1) is 9.82. The maximum Gasteiger partial charge on any atom is 0.338 e. The molecular formula is C13H18O8. The van der Waals surface area contributed by atoms with Gasteiger partial charge in [-0.05, 0) is 12.8 Å². The van der Waals surface area contributed by atoms with Gasteiger partial charge in [0, 0.05) is 18.4 Å². The van der Waals surface area contributed by atoms with E-state index in [0.717, 1.165) is 0 Å². The third kappa shape index (κ3) is 4.24. The minimum absolute atomic E-state index is 0.157. The van der Waals surface area contributed by atoms with Gasteiger partial charge in [-0.2, -0.15) is 0 Å². The molecule has 2 aliphatic rings. The van der Waals surface area contributed by atoms with E-state index in [1.807, 2.05) is 0 Å². The second-order valence-corrected chi connectivity index (χ2v) is 4.97. The molecule has 2 aliphatic heterocycles. The van der Waals surface area contributed by atoms with Crippen LogP contribution in [0, 0.1) is 0 Å². The van der Waals surface area contributed by atoms with Crippen LogP contribution >= 0.6 is 0 Å². The van der Waals surface area contributed by atoms with E-state index in [9.17, 15) is 19.8 Å². The van der Waals surface area contributed by atoms with Crippen LogP contribution in [0.2, 0.25) is 0 Å². The predicted molar refractivity (Wildman–Crippen MR) is 66.2 cm³/mol. The molecule has 2 N–H and O–H groups in total. The van der Waals surface area contributed by atoms with Crippen LogP contribution in [0.5, 0.6) is 0 Å². The molecule has 0 aliphatic carbocycles. The van der Waals surface area contributed by atoms with Crippen LogP contribution in [-0.4, -0.2) is 47.3 Å². The van der Waals surface area contributed by atoms with Crippen molar-refractivity contribution in [3.05, 3.63) is 12.2 Å². The van der Waals surface area contributed by atoms with Crippen LogP contribution in [-0.2, 0) is 28.5 Å². The molecule has 118 valence electrons. The molecule has 0 saturated carbocycles. The first-order valence-electron chi connectivity index (χ1n) is 6.68. The molecule has 8 heteroatoms. The van der Waals surface area contributed by atoms with Crippen LogP contribution in [0.4, 0.5) is 0 Å². The summed E-state index contributed by atoms with van der Waals surface area (Å²) in [5, 5.41) is 19.4. The van der Waals surface area contributed by atoms with Crippen LogP contribution in [0.3, 0.4) is 0 Å². The van der Waals surface area contributed by atoms with Crippen LogP contribution < -0.4 is 0 Å². The fraction of sp³-hybridized carbons (Fsp3) is 0.692. The molecule has 0 aromatic heterocycles. The topological polar surface area (TPSA) is 112 Å². The van der Waals surface area contributed by atoms with E-state index in [1.165, 1.54) is 0 Å². The van der Waals surface area contributed by atoms with Gasteiger partial charge < -0.3 is 29.2 Å². The minimum Gasteiger partial charge on any atom is -0.408 e. The highest BCUT2D eigenvalue weighted by Gasteiger charge is 2.39. The van der Waals surface area contributed by atoms with Gasteiger partial charge in [-0.25, -0.2) is 4.79 Å². The van der Waals surface area contributed by atoms with E-state index in [-0.39, 0.29) is 31.6 Å². The summed E-state index contributed by atoms with van der Waals surface area (Å²) in [7, 11) is 0. The molecule has 2 rings (SSSR count). The summed E-state index contributed by atoms with van der Waals surface area (Å²) in [5.41, 5.74) is -0.217. The predicted octanol–water partition coefficient (Wildman–Crippen LogP) is -0.0679. The zero-order chi connectivity index (χ0) is 15.5. The standard InChI is InChI=1S/C13H18O8/c1-9(11(15)21-13(17)5-3-7-19-13)8-10(14)20-12(16)4-2-6-18-12/h16-17H,1-8H2. The Morgan fingerprint density at radius 2 is 1.57 bits per heavy atom. The molecule has 2 atom stereocenters. The average Bonchev–Trinajstić information content (AvgIpc) is 2.98. The minimum atomic E-state index is -1.96. The number of hydrogen-bond acceptors (Lipinski definition) is 8. The lowest BCUT2D eigenvalue weighted by Crippen LogP contribution is -2.36. The third-order valence-corrected chi connectivity index (χ3v) is 3.10. The summed E-state index contributed by atoms with van der Waals surface area (Å²) in [6.45, 7) is 3.97. The van der Waals surface area contributed by atoms with Gasteiger partial charge in [0.1, 0.15) is 0 Å². The Labute approximate surface area is 121 Å². The van der Waals surface area contributed by atoms with E-state index in [0.29, 0.717) is 12.8 Å². The molecule has 2 heterocycles. The lowest BCUT2D eigenvalue weighted by Gasteiger charge is -2.23. The maximum atomic E-state index is 11.7. The van der Waals surface area contributed by atoms with Crippen LogP contribution in [0.1, 0.15) is 32.1 Å². The van der Waals surface area contributed by atoms with Gasteiger partial charge in [-0.3, -0.25) is 4.79 Å². The first kappa shape index (κ1) is 15.9. The Morgan fingerprint density at radius 3 is 2.05 bits per heavy atom. The molecule has 21 heavy (non-hydrogen) atoms. The Morgan fingerprint density at radius 1 is 1.05 bits per heavy atom. The number of hydrogen-bond donors (Lipinski definition) is 2. The fourth-order valence-electron chi connectivity index (χ4n) is 2.04. The number of aliphatic hydroxyl groups is 2. The van der Waals surface area contributed by atoms with Gasteiger partial charge >= 0.3 is 23.9 Å². The fourth-order valence-corrected chi connectivity index (χ4v) is 2.04. The Balaban J connectivity index is 1.80. The SMILES string of the molecule is C=C(CC(=O)OC1(O)CCCO1)C(=O)OC1(O)CCCO1. The number of carbonyl (C=O) groups excluding carboxylic acids is 2.